The van der Waals surface area contributed by atoms with Crippen LogP contribution in [0.5, 0.6) is 0 Å². The molecule has 0 aliphatic rings. The molecule has 0 heterocycles. The number of carbonyl (C=O) groups excluding carboxylic acids is 1. The van der Waals surface area contributed by atoms with Crippen LogP contribution in [0.3, 0.4) is 0 Å². The fourth-order valence-electron chi connectivity index (χ4n) is 1.79. The molecule has 0 aromatic heterocycles. The highest BCUT2D eigenvalue weighted by Gasteiger charge is 2.13. The Morgan fingerprint density at radius 2 is 1.90 bits per heavy atom. The molecule has 2 aromatic carbocycles. The second kappa shape index (κ2) is 6.81. The number of anilines is 1. The summed E-state index contributed by atoms with van der Waals surface area (Å²) in [6, 6.07) is 10.5. The van der Waals surface area contributed by atoms with Crippen LogP contribution in [0.1, 0.15) is 11.7 Å². The second-order valence-electron chi connectivity index (χ2n) is 4.38. The molecule has 1 atom stereocenters. The molecule has 6 heteroatoms. The quantitative estimate of drug-likeness (QED) is 0.811. The largest absolute Gasteiger partial charge is 0.386 e. The van der Waals surface area contributed by atoms with Gasteiger partial charge in [0.15, 0.2) is 0 Å². The molecule has 0 unspecified atom stereocenters. The fourth-order valence-corrected chi connectivity index (χ4v) is 1.79. The molecule has 110 valence electrons. The Labute approximate surface area is 120 Å². The van der Waals surface area contributed by atoms with Gasteiger partial charge < -0.3 is 15.7 Å². The number of aliphatic hydroxyl groups is 1. The van der Waals surface area contributed by atoms with Crippen LogP contribution in [0.15, 0.2) is 48.5 Å². The first-order chi connectivity index (χ1) is 10.1. The summed E-state index contributed by atoms with van der Waals surface area (Å²) in [6.07, 6.45) is -1.16. The van der Waals surface area contributed by atoms with Crippen molar-refractivity contribution in [3.05, 3.63) is 65.7 Å². The van der Waals surface area contributed by atoms with Crippen LogP contribution >= 0.6 is 0 Å². The van der Waals surface area contributed by atoms with Crippen molar-refractivity contribution >= 4 is 11.7 Å². The van der Waals surface area contributed by atoms with Crippen molar-refractivity contribution in [3.8, 4) is 0 Å². The molecule has 4 nitrogen and oxygen atoms in total. The third-order valence-corrected chi connectivity index (χ3v) is 2.80. The summed E-state index contributed by atoms with van der Waals surface area (Å²) < 4.78 is 26.4. The molecule has 0 aliphatic heterocycles. The van der Waals surface area contributed by atoms with E-state index >= 15 is 0 Å². The Hall–Kier alpha value is -2.47. The van der Waals surface area contributed by atoms with Gasteiger partial charge in [0.05, 0.1) is 6.10 Å². The van der Waals surface area contributed by atoms with Crippen molar-refractivity contribution in [1.82, 2.24) is 5.32 Å². The molecular weight excluding hydrogens is 278 g/mol. The summed E-state index contributed by atoms with van der Waals surface area (Å²) in [5, 5.41) is 14.6. The van der Waals surface area contributed by atoms with Gasteiger partial charge in [-0.15, -0.1) is 0 Å². The van der Waals surface area contributed by atoms with E-state index in [1.807, 2.05) is 0 Å². The minimum Gasteiger partial charge on any atom is -0.386 e. The molecule has 0 fully saturated rings. The molecule has 0 radical (unpaired) electrons. The van der Waals surface area contributed by atoms with Crippen molar-refractivity contribution in [3.63, 3.8) is 0 Å². The van der Waals surface area contributed by atoms with Gasteiger partial charge in [0.25, 0.3) is 0 Å². The van der Waals surface area contributed by atoms with Crippen LogP contribution in [0.2, 0.25) is 0 Å². The number of hydrogen-bond acceptors (Lipinski definition) is 2. The average molecular weight is 292 g/mol. The number of urea groups is 1. The summed E-state index contributed by atoms with van der Waals surface area (Å²) in [6.45, 7) is -0.165. The van der Waals surface area contributed by atoms with Gasteiger partial charge in [-0.25, -0.2) is 13.6 Å². The van der Waals surface area contributed by atoms with E-state index in [9.17, 15) is 18.7 Å². The first-order valence-corrected chi connectivity index (χ1v) is 6.29. The molecular formula is C15H14F2N2O2. The average Bonchev–Trinajstić information content (AvgIpc) is 2.45. The maximum absolute atomic E-state index is 13.4. The zero-order chi connectivity index (χ0) is 15.2. The van der Waals surface area contributed by atoms with Crippen LogP contribution in [-0.4, -0.2) is 17.7 Å². The van der Waals surface area contributed by atoms with E-state index < -0.39 is 23.8 Å². The third kappa shape index (κ3) is 4.25. The van der Waals surface area contributed by atoms with E-state index in [-0.39, 0.29) is 17.8 Å². The molecule has 0 spiro atoms. The number of hydrogen-bond donors (Lipinski definition) is 3. The number of rotatable bonds is 4. The molecule has 2 rings (SSSR count). The van der Waals surface area contributed by atoms with Crippen molar-refractivity contribution in [2.75, 3.05) is 11.9 Å². The van der Waals surface area contributed by atoms with Gasteiger partial charge >= 0.3 is 6.03 Å². The summed E-state index contributed by atoms with van der Waals surface area (Å²) in [5.41, 5.74) is 0.386. The molecule has 2 aromatic rings. The molecule has 3 N–H and O–H groups in total. The third-order valence-electron chi connectivity index (χ3n) is 2.80. The highest BCUT2D eigenvalue weighted by Crippen LogP contribution is 2.15. The van der Waals surface area contributed by atoms with Crippen molar-refractivity contribution in [2.45, 2.75) is 6.10 Å². The number of aliphatic hydroxyl groups excluding tert-OH is 1. The maximum Gasteiger partial charge on any atom is 0.319 e. The number of benzene rings is 2. The molecule has 0 bridgehead atoms. The Bertz CT molecular complexity index is 635. The highest BCUT2D eigenvalue weighted by atomic mass is 19.1. The Morgan fingerprint density at radius 3 is 2.62 bits per heavy atom. The van der Waals surface area contributed by atoms with Gasteiger partial charge in [-0.3, -0.25) is 0 Å². The highest BCUT2D eigenvalue weighted by molar-refractivity contribution is 5.89. The standard InChI is InChI=1S/C15H14F2N2O2/c16-10-4-3-5-11(8-10)19-15(21)18-9-14(20)12-6-1-2-7-13(12)17/h1-8,14,20H,9H2,(H2,18,19,21)/t14-/m0/s1. The summed E-state index contributed by atoms with van der Waals surface area (Å²) >= 11 is 0. The first kappa shape index (κ1) is 14.9. The van der Waals surface area contributed by atoms with E-state index in [0.29, 0.717) is 0 Å². The fraction of sp³-hybridized carbons (Fsp3) is 0.133. The van der Waals surface area contributed by atoms with Crippen LogP contribution < -0.4 is 10.6 Å². The lowest BCUT2D eigenvalue weighted by atomic mass is 10.1. The molecule has 2 amide bonds. The monoisotopic (exact) mass is 292 g/mol. The predicted octanol–water partition coefficient (Wildman–Crippen LogP) is 2.82. The number of nitrogens with one attached hydrogen (secondary N) is 2. The lowest BCUT2D eigenvalue weighted by molar-refractivity contribution is 0.170. The number of halogens is 2. The zero-order valence-corrected chi connectivity index (χ0v) is 11.0. The van der Waals surface area contributed by atoms with E-state index in [0.717, 1.165) is 6.07 Å². The van der Waals surface area contributed by atoms with Crippen molar-refractivity contribution < 1.29 is 18.7 Å². The first-order valence-electron chi connectivity index (χ1n) is 6.29. The minimum absolute atomic E-state index is 0.101. The van der Waals surface area contributed by atoms with Crippen LogP contribution in [0.4, 0.5) is 19.3 Å². The van der Waals surface area contributed by atoms with E-state index in [4.69, 9.17) is 0 Å². The smallest absolute Gasteiger partial charge is 0.319 e. The van der Waals surface area contributed by atoms with Crippen LogP contribution in [0.25, 0.3) is 0 Å². The Balaban J connectivity index is 1.88. The zero-order valence-electron chi connectivity index (χ0n) is 11.0. The van der Waals surface area contributed by atoms with Gasteiger partial charge in [0, 0.05) is 17.8 Å². The lowest BCUT2D eigenvalue weighted by Crippen LogP contribution is -2.32. The van der Waals surface area contributed by atoms with Gasteiger partial charge in [-0.1, -0.05) is 24.3 Å². The van der Waals surface area contributed by atoms with Gasteiger partial charge in [0.2, 0.25) is 0 Å². The summed E-state index contributed by atoms with van der Waals surface area (Å²) in [5.74, 6) is -1.02. The van der Waals surface area contributed by atoms with Gasteiger partial charge in [-0.05, 0) is 24.3 Å². The molecule has 21 heavy (non-hydrogen) atoms. The van der Waals surface area contributed by atoms with E-state index in [1.54, 1.807) is 6.07 Å². The van der Waals surface area contributed by atoms with Crippen LogP contribution in [0, 0.1) is 11.6 Å². The second-order valence-corrected chi connectivity index (χ2v) is 4.38. The molecule has 0 saturated carbocycles. The Morgan fingerprint density at radius 1 is 1.14 bits per heavy atom. The van der Waals surface area contributed by atoms with Crippen LogP contribution in [-0.2, 0) is 0 Å². The lowest BCUT2D eigenvalue weighted by Gasteiger charge is -2.13. The summed E-state index contributed by atoms with van der Waals surface area (Å²) in [4.78, 5) is 11.6. The van der Waals surface area contributed by atoms with Crippen molar-refractivity contribution in [1.29, 1.82) is 0 Å². The van der Waals surface area contributed by atoms with Crippen molar-refractivity contribution in [2.24, 2.45) is 0 Å². The van der Waals surface area contributed by atoms with Gasteiger partial charge in [0.1, 0.15) is 11.6 Å². The summed E-state index contributed by atoms with van der Waals surface area (Å²) in [7, 11) is 0. The SMILES string of the molecule is O=C(NC[C@H](O)c1ccccc1F)Nc1cccc(F)c1. The molecule has 0 saturated heterocycles. The van der Waals surface area contributed by atoms with E-state index in [2.05, 4.69) is 10.6 Å². The predicted molar refractivity (Wildman–Crippen MR) is 74.8 cm³/mol. The normalized spacial score (nSPS) is 11.8. The number of carbonyl (C=O) groups is 1. The Kier molecular flexibility index (Phi) is 4.84. The maximum atomic E-state index is 13.4. The topological polar surface area (TPSA) is 61.4 Å². The van der Waals surface area contributed by atoms with E-state index in [1.165, 1.54) is 36.4 Å². The van der Waals surface area contributed by atoms with Gasteiger partial charge in [-0.2, -0.15) is 0 Å². The number of amides is 2. The minimum atomic E-state index is -1.16. The molecule has 0 aliphatic carbocycles.